The molecule has 0 spiro atoms. The molecule has 0 radical (unpaired) electrons. The normalized spacial score (nSPS) is 11.6. The zero-order chi connectivity index (χ0) is 19.3. The molecule has 0 atom stereocenters. The van der Waals surface area contributed by atoms with Gasteiger partial charge >= 0.3 is 12.1 Å². The largest absolute Gasteiger partial charge is 0.462 e. The second-order valence-electron chi connectivity index (χ2n) is 5.13. The summed E-state index contributed by atoms with van der Waals surface area (Å²) in [6.45, 7) is 0.978. The molecule has 5 nitrogen and oxygen atoms in total. The number of halogens is 4. The van der Waals surface area contributed by atoms with Crippen molar-refractivity contribution in [2.45, 2.75) is 13.1 Å². The van der Waals surface area contributed by atoms with Crippen molar-refractivity contribution in [2.24, 2.45) is 0 Å². The minimum atomic E-state index is -4.70. The highest BCUT2D eigenvalue weighted by Crippen LogP contribution is 2.36. The molecule has 0 aliphatic rings. The Kier molecular flexibility index (Phi) is 6.10. The first-order chi connectivity index (χ1) is 12.1. The SMILES string of the molecule is Cc1ccc(C=CC(=O)OCC(=O)Nc2ccc(Cl)cc2C(F)(F)F)o1. The second kappa shape index (κ2) is 8.09. The molecule has 0 bridgehead atoms. The van der Waals surface area contributed by atoms with Gasteiger partial charge in [0.15, 0.2) is 6.61 Å². The van der Waals surface area contributed by atoms with Crippen LogP contribution in [0.1, 0.15) is 17.1 Å². The number of ether oxygens (including phenoxy) is 1. The summed E-state index contributed by atoms with van der Waals surface area (Å²) in [6.07, 6.45) is -2.32. The molecule has 0 aliphatic heterocycles. The first-order valence-corrected chi connectivity index (χ1v) is 7.61. The average Bonchev–Trinajstić information content (AvgIpc) is 2.97. The fourth-order valence-corrected chi connectivity index (χ4v) is 2.10. The van der Waals surface area contributed by atoms with Gasteiger partial charge in [0.25, 0.3) is 5.91 Å². The first kappa shape index (κ1) is 19.6. The van der Waals surface area contributed by atoms with Crippen LogP contribution in [0, 0.1) is 6.92 Å². The number of rotatable bonds is 5. The lowest BCUT2D eigenvalue weighted by Crippen LogP contribution is -2.22. The molecule has 0 fully saturated rings. The van der Waals surface area contributed by atoms with E-state index >= 15 is 0 Å². The predicted octanol–water partition coefficient (Wildman–Crippen LogP) is 4.46. The molecule has 9 heteroatoms. The fourth-order valence-electron chi connectivity index (χ4n) is 1.92. The number of aryl methyl sites for hydroxylation is 1. The Morgan fingerprint density at radius 1 is 1.27 bits per heavy atom. The van der Waals surface area contributed by atoms with Crippen LogP contribution in [0.25, 0.3) is 6.08 Å². The molecule has 26 heavy (non-hydrogen) atoms. The summed E-state index contributed by atoms with van der Waals surface area (Å²) < 4.78 is 48.7. The van der Waals surface area contributed by atoms with Crippen LogP contribution in [0.4, 0.5) is 18.9 Å². The number of hydrogen-bond acceptors (Lipinski definition) is 4. The summed E-state index contributed by atoms with van der Waals surface area (Å²) in [5, 5.41) is 1.91. The van der Waals surface area contributed by atoms with E-state index in [1.165, 1.54) is 12.1 Å². The van der Waals surface area contributed by atoms with Crippen LogP contribution < -0.4 is 5.32 Å². The number of amides is 1. The summed E-state index contributed by atoms with van der Waals surface area (Å²) in [5.74, 6) is -0.699. The quantitative estimate of drug-likeness (QED) is 0.607. The number of carbonyl (C=O) groups is 2. The molecular weight excluding hydrogens is 375 g/mol. The van der Waals surface area contributed by atoms with Gasteiger partial charge in [0, 0.05) is 11.1 Å². The molecule has 1 aromatic heterocycles. The third-order valence-corrected chi connectivity index (χ3v) is 3.29. The van der Waals surface area contributed by atoms with E-state index in [2.05, 4.69) is 4.74 Å². The number of alkyl halides is 3. The van der Waals surface area contributed by atoms with Gasteiger partial charge in [0.1, 0.15) is 11.5 Å². The smallest absolute Gasteiger partial charge is 0.418 e. The lowest BCUT2D eigenvalue weighted by molar-refractivity contribution is -0.142. The van der Waals surface area contributed by atoms with Crippen molar-refractivity contribution in [3.63, 3.8) is 0 Å². The van der Waals surface area contributed by atoms with Crippen molar-refractivity contribution in [1.82, 2.24) is 0 Å². The summed E-state index contributed by atoms with van der Waals surface area (Å²) >= 11 is 5.55. The summed E-state index contributed by atoms with van der Waals surface area (Å²) in [6, 6.07) is 6.24. The molecule has 0 aliphatic carbocycles. The van der Waals surface area contributed by atoms with Gasteiger partial charge in [-0.1, -0.05) is 11.6 Å². The van der Waals surface area contributed by atoms with Crippen molar-refractivity contribution in [1.29, 1.82) is 0 Å². The van der Waals surface area contributed by atoms with Crippen LogP contribution >= 0.6 is 11.6 Å². The highest BCUT2D eigenvalue weighted by atomic mass is 35.5. The predicted molar refractivity (Wildman–Crippen MR) is 88.5 cm³/mol. The molecule has 138 valence electrons. The fraction of sp³-hybridized carbons (Fsp3) is 0.176. The Balaban J connectivity index is 1.93. The van der Waals surface area contributed by atoms with Crippen LogP contribution in [0.15, 0.2) is 40.8 Å². The van der Waals surface area contributed by atoms with Crippen molar-refractivity contribution in [2.75, 3.05) is 11.9 Å². The van der Waals surface area contributed by atoms with Crippen LogP contribution in [-0.2, 0) is 20.5 Å². The Labute approximate surface area is 151 Å². The maximum atomic E-state index is 12.9. The molecule has 2 rings (SSSR count). The highest BCUT2D eigenvalue weighted by Gasteiger charge is 2.34. The van der Waals surface area contributed by atoms with Gasteiger partial charge in [-0.3, -0.25) is 4.79 Å². The van der Waals surface area contributed by atoms with E-state index in [-0.39, 0.29) is 5.02 Å². The van der Waals surface area contributed by atoms with Gasteiger partial charge in [-0.2, -0.15) is 13.2 Å². The van der Waals surface area contributed by atoms with E-state index in [0.717, 1.165) is 12.1 Å². The summed E-state index contributed by atoms with van der Waals surface area (Å²) in [7, 11) is 0. The molecule has 2 aromatic rings. The Morgan fingerprint density at radius 2 is 2.00 bits per heavy atom. The number of benzene rings is 1. The van der Waals surface area contributed by atoms with Crippen LogP contribution in [-0.4, -0.2) is 18.5 Å². The zero-order valence-electron chi connectivity index (χ0n) is 13.4. The number of carbonyl (C=O) groups excluding carboxylic acids is 2. The van der Waals surface area contributed by atoms with Crippen LogP contribution in [0.2, 0.25) is 5.02 Å². The lowest BCUT2D eigenvalue weighted by atomic mass is 10.1. The van der Waals surface area contributed by atoms with E-state index in [1.807, 2.05) is 5.32 Å². The van der Waals surface area contributed by atoms with Crippen LogP contribution in [0.3, 0.4) is 0 Å². The van der Waals surface area contributed by atoms with Crippen LogP contribution in [0.5, 0.6) is 0 Å². The minimum Gasteiger partial charge on any atom is -0.462 e. The maximum absolute atomic E-state index is 12.9. The molecule has 0 saturated carbocycles. The Bertz CT molecular complexity index is 843. The average molecular weight is 388 g/mol. The van der Waals surface area contributed by atoms with E-state index < -0.39 is 35.9 Å². The van der Waals surface area contributed by atoms with E-state index in [4.69, 9.17) is 16.0 Å². The summed E-state index contributed by atoms with van der Waals surface area (Å²) in [4.78, 5) is 23.3. The number of nitrogens with one attached hydrogen (secondary N) is 1. The van der Waals surface area contributed by atoms with Gasteiger partial charge < -0.3 is 14.5 Å². The Hall–Kier alpha value is -2.74. The number of hydrogen-bond donors (Lipinski definition) is 1. The molecule has 1 aromatic carbocycles. The van der Waals surface area contributed by atoms with E-state index in [9.17, 15) is 22.8 Å². The van der Waals surface area contributed by atoms with Crippen molar-refractivity contribution < 1.29 is 31.9 Å². The topological polar surface area (TPSA) is 68.5 Å². The molecular formula is C17H13ClF3NO4. The Morgan fingerprint density at radius 3 is 2.62 bits per heavy atom. The van der Waals surface area contributed by atoms with Gasteiger partial charge in [0.2, 0.25) is 0 Å². The molecule has 1 amide bonds. The van der Waals surface area contributed by atoms with E-state index in [1.54, 1.807) is 19.1 Å². The highest BCUT2D eigenvalue weighted by molar-refractivity contribution is 6.30. The lowest BCUT2D eigenvalue weighted by Gasteiger charge is -2.14. The second-order valence-corrected chi connectivity index (χ2v) is 5.56. The maximum Gasteiger partial charge on any atom is 0.418 e. The molecule has 1 heterocycles. The van der Waals surface area contributed by atoms with Crippen molar-refractivity contribution >= 4 is 35.2 Å². The third kappa shape index (κ3) is 5.66. The molecule has 0 unspecified atom stereocenters. The van der Waals surface area contributed by atoms with Gasteiger partial charge in [-0.25, -0.2) is 4.79 Å². The van der Waals surface area contributed by atoms with Gasteiger partial charge in [-0.05, 0) is 43.3 Å². The van der Waals surface area contributed by atoms with Gasteiger partial charge in [0.05, 0.1) is 11.3 Å². The summed E-state index contributed by atoms with van der Waals surface area (Å²) in [5.41, 5.74) is -1.58. The third-order valence-electron chi connectivity index (χ3n) is 3.05. The van der Waals surface area contributed by atoms with Gasteiger partial charge in [-0.15, -0.1) is 0 Å². The zero-order valence-corrected chi connectivity index (χ0v) is 14.1. The number of esters is 1. The van der Waals surface area contributed by atoms with Crippen molar-refractivity contribution in [3.05, 3.63) is 58.5 Å². The number of furan rings is 1. The van der Waals surface area contributed by atoms with Crippen molar-refractivity contribution in [3.8, 4) is 0 Å². The monoisotopic (exact) mass is 387 g/mol. The standard InChI is InChI=1S/C17H13ClF3NO4/c1-10-2-4-12(26-10)5-7-16(24)25-9-15(23)22-14-6-3-11(18)8-13(14)17(19,20)21/h2-8H,9H2,1H3,(H,22,23). The first-order valence-electron chi connectivity index (χ1n) is 7.23. The molecule has 1 N–H and O–H groups in total. The minimum absolute atomic E-state index is 0.125. The number of anilines is 1. The molecule has 0 saturated heterocycles. The van der Waals surface area contributed by atoms with E-state index in [0.29, 0.717) is 17.6 Å².